The topological polar surface area (TPSA) is 79.5 Å². The summed E-state index contributed by atoms with van der Waals surface area (Å²) in [6.07, 6.45) is -3.77. The molecule has 2 aromatic rings. The van der Waals surface area contributed by atoms with Crippen molar-refractivity contribution in [2.45, 2.75) is 11.1 Å². The maximum absolute atomic E-state index is 13.1. The molecule has 0 radical (unpaired) electrons. The minimum absolute atomic E-state index is 0.117. The zero-order valence-corrected chi connectivity index (χ0v) is 18.6. The van der Waals surface area contributed by atoms with Crippen molar-refractivity contribution in [1.29, 1.82) is 0 Å². The zero-order chi connectivity index (χ0) is 23.5. The van der Waals surface area contributed by atoms with E-state index in [2.05, 4.69) is 4.74 Å². The Morgan fingerprint density at radius 1 is 1.13 bits per heavy atom. The highest BCUT2D eigenvalue weighted by molar-refractivity contribution is 7.99. The van der Waals surface area contributed by atoms with Crippen molar-refractivity contribution in [2.75, 3.05) is 20.0 Å². The summed E-state index contributed by atoms with van der Waals surface area (Å²) in [5.41, 5.74) is -3.98. The molecule has 0 atom stereocenters. The third-order valence-electron chi connectivity index (χ3n) is 3.96. The highest BCUT2D eigenvalue weighted by atomic mass is 35.5. The first-order chi connectivity index (χ1) is 14.4. The monoisotopic (exact) mass is 498 g/mol. The Kier molecular flexibility index (Phi) is 7.90. The van der Waals surface area contributed by atoms with E-state index in [1.54, 1.807) is 0 Å². The number of hydrogen-bond donors (Lipinski definition) is 0. The minimum atomic E-state index is -4.89. The van der Waals surface area contributed by atoms with Crippen LogP contribution < -0.4 is 11.2 Å². The van der Waals surface area contributed by atoms with Gasteiger partial charge in [-0.1, -0.05) is 23.2 Å². The number of rotatable bonds is 6. The van der Waals surface area contributed by atoms with Crippen molar-refractivity contribution in [3.63, 3.8) is 0 Å². The molecule has 0 aliphatic carbocycles. The van der Waals surface area contributed by atoms with Crippen molar-refractivity contribution >= 4 is 40.9 Å². The van der Waals surface area contributed by atoms with E-state index in [1.807, 2.05) is 0 Å². The van der Waals surface area contributed by atoms with Crippen molar-refractivity contribution in [3.8, 4) is 5.69 Å². The quantitative estimate of drug-likeness (QED) is 0.261. The van der Waals surface area contributed by atoms with Gasteiger partial charge in [0.15, 0.2) is 0 Å². The van der Waals surface area contributed by atoms with Gasteiger partial charge in [-0.3, -0.25) is 9.36 Å². The number of esters is 1. The van der Waals surface area contributed by atoms with Crippen LogP contribution in [0.15, 0.2) is 44.5 Å². The van der Waals surface area contributed by atoms with E-state index in [9.17, 15) is 27.6 Å². The minimum Gasteiger partial charge on any atom is -0.500 e. The Bertz CT molecular complexity index is 1160. The molecule has 1 aromatic heterocycles. The number of halogens is 5. The predicted octanol–water partition coefficient (Wildman–Crippen LogP) is 3.66. The number of carbonyl (C=O) groups excluding carboxylic acids is 1. The molecule has 168 valence electrons. The summed E-state index contributed by atoms with van der Waals surface area (Å²) < 4.78 is 49.6. The number of alkyl halides is 3. The van der Waals surface area contributed by atoms with E-state index >= 15 is 0 Å². The Morgan fingerprint density at radius 2 is 1.77 bits per heavy atom. The van der Waals surface area contributed by atoms with Gasteiger partial charge in [0.1, 0.15) is 11.5 Å². The van der Waals surface area contributed by atoms with E-state index in [1.165, 1.54) is 26.4 Å². The molecule has 1 heterocycles. The molecule has 0 N–H and O–H groups in total. The van der Waals surface area contributed by atoms with Gasteiger partial charge in [0.25, 0.3) is 5.56 Å². The zero-order valence-electron chi connectivity index (χ0n) is 16.3. The number of ether oxygens (including phenoxy) is 2. The summed E-state index contributed by atoms with van der Waals surface area (Å²) in [5.74, 6) is -0.279. The maximum atomic E-state index is 13.1. The fourth-order valence-electron chi connectivity index (χ4n) is 2.42. The molecule has 0 aliphatic rings. The standard InChI is InChI=1S/C18H15Cl2F3N2O5S/c1-24-14(18(21,22)23)7-15(26)25(17(24)28)12-6-13(11(20)5-10(12)19)31-8-9(29-2)4-16(27)30-3/h4-7H,8H2,1-3H3/b9-4+. The summed E-state index contributed by atoms with van der Waals surface area (Å²) in [6.45, 7) is 0. The van der Waals surface area contributed by atoms with Crippen molar-refractivity contribution in [1.82, 2.24) is 9.13 Å². The van der Waals surface area contributed by atoms with Crippen LogP contribution in [0.25, 0.3) is 5.69 Å². The Balaban J connectivity index is 2.55. The molecule has 0 fully saturated rings. The summed E-state index contributed by atoms with van der Waals surface area (Å²) in [4.78, 5) is 36.6. The van der Waals surface area contributed by atoms with E-state index in [4.69, 9.17) is 27.9 Å². The van der Waals surface area contributed by atoms with Crippen molar-refractivity contribution in [2.24, 2.45) is 7.05 Å². The van der Waals surface area contributed by atoms with Gasteiger partial charge in [-0.05, 0) is 12.1 Å². The summed E-state index contributed by atoms with van der Waals surface area (Å²) in [5, 5.41) is 0.0365. The fourth-order valence-corrected chi connectivity index (χ4v) is 3.94. The highest BCUT2D eigenvalue weighted by Crippen LogP contribution is 2.34. The van der Waals surface area contributed by atoms with E-state index < -0.39 is 29.1 Å². The summed E-state index contributed by atoms with van der Waals surface area (Å²) in [6, 6.07) is 2.85. The molecule has 0 spiro atoms. The average molecular weight is 499 g/mol. The second-order valence-corrected chi connectivity index (χ2v) is 7.73. The van der Waals surface area contributed by atoms with Gasteiger partial charge < -0.3 is 9.47 Å². The van der Waals surface area contributed by atoms with Crippen LogP contribution in [-0.4, -0.2) is 35.1 Å². The van der Waals surface area contributed by atoms with Crippen LogP contribution in [0.5, 0.6) is 0 Å². The number of thioether (sulfide) groups is 1. The van der Waals surface area contributed by atoms with Crippen LogP contribution in [0.1, 0.15) is 5.69 Å². The Morgan fingerprint density at radius 3 is 2.32 bits per heavy atom. The molecular weight excluding hydrogens is 484 g/mol. The Hall–Kier alpha value is -2.37. The van der Waals surface area contributed by atoms with Gasteiger partial charge in [-0.25, -0.2) is 14.2 Å². The third-order valence-corrected chi connectivity index (χ3v) is 5.77. The summed E-state index contributed by atoms with van der Waals surface area (Å²) >= 11 is 13.4. The average Bonchev–Trinajstić information content (AvgIpc) is 2.69. The lowest BCUT2D eigenvalue weighted by atomic mass is 10.3. The van der Waals surface area contributed by atoms with Crippen LogP contribution >= 0.6 is 35.0 Å². The number of benzene rings is 1. The van der Waals surface area contributed by atoms with E-state index in [-0.39, 0.29) is 27.2 Å². The van der Waals surface area contributed by atoms with E-state index in [0.717, 1.165) is 24.9 Å². The number of methoxy groups -OCH3 is 2. The van der Waals surface area contributed by atoms with Crippen molar-refractivity contribution in [3.05, 3.63) is 66.6 Å². The first kappa shape index (κ1) is 24.9. The van der Waals surface area contributed by atoms with Gasteiger partial charge in [-0.15, -0.1) is 11.8 Å². The lowest BCUT2D eigenvalue weighted by Gasteiger charge is -2.16. The molecule has 2 rings (SSSR count). The maximum Gasteiger partial charge on any atom is 0.431 e. The van der Waals surface area contributed by atoms with Gasteiger partial charge in [0.05, 0.1) is 41.8 Å². The molecule has 0 aliphatic heterocycles. The number of hydrogen-bond acceptors (Lipinski definition) is 6. The van der Waals surface area contributed by atoms with E-state index in [0.29, 0.717) is 20.1 Å². The third kappa shape index (κ3) is 5.66. The summed E-state index contributed by atoms with van der Waals surface area (Å²) in [7, 11) is 3.43. The number of aromatic nitrogens is 2. The Labute approximate surface area is 188 Å². The second kappa shape index (κ2) is 9.84. The van der Waals surface area contributed by atoms with Crippen LogP contribution in [0.4, 0.5) is 13.2 Å². The largest absolute Gasteiger partial charge is 0.500 e. The second-order valence-electron chi connectivity index (χ2n) is 5.90. The van der Waals surface area contributed by atoms with Crippen LogP contribution in [0.2, 0.25) is 10.0 Å². The fraction of sp³-hybridized carbons (Fsp3) is 0.278. The van der Waals surface area contributed by atoms with Gasteiger partial charge in [0.2, 0.25) is 0 Å². The molecular formula is C18H15Cl2F3N2O5S. The van der Waals surface area contributed by atoms with Crippen LogP contribution in [0, 0.1) is 0 Å². The predicted molar refractivity (Wildman–Crippen MR) is 110 cm³/mol. The number of carbonyl (C=O) groups is 1. The first-order valence-corrected chi connectivity index (χ1v) is 9.99. The SMILES string of the molecule is COC(=O)/C=C(\CSc1cc(-n2c(=O)cc(C(F)(F)F)n(C)c2=O)c(Cl)cc1Cl)OC. The smallest absolute Gasteiger partial charge is 0.431 e. The van der Waals surface area contributed by atoms with Crippen LogP contribution in [0.3, 0.4) is 0 Å². The van der Waals surface area contributed by atoms with Gasteiger partial charge in [-0.2, -0.15) is 13.2 Å². The van der Waals surface area contributed by atoms with Gasteiger partial charge in [0, 0.05) is 18.0 Å². The molecule has 1 aromatic carbocycles. The van der Waals surface area contributed by atoms with Crippen LogP contribution in [-0.2, 0) is 27.5 Å². The molecule has 0 unspecified atom stereocenters. The van der Waals surface area contributed by atoms with Gasteiger partial charge >= 0.3 is 17.8 Å². The first-order valence-electron chi connectivity index (χ1n) is 8.25. The van der Waals surface area contributed by atoms with Crippen molar-refractivity contribution < 1.29 is 27.4 Å². The molecule has 31 heavy (non-hydrogen) atoms. The highest BCUT2D eigenvalue weighted by Gasteiger charge is 2.35. The number of nitrogens with zero attached hydrogens (tertiary/aromatic N) is 2. The molecule has 13 heteroatoms. The molecule has 7 nitrogen and oxygen atoms in total. The lowest BCUT2D eigenvalue weighted by molar-refractivity contribution is -0.144. The normalized spacial score (nSPS) is 12.1. The molecule has 0 amide bonds. The molecule has 0 bridgehead atoms. The molecule has 0 saturated carbocycles. The molecule has 0 saturated heterocycles. The lowest BCUT2D eigenvalue weighted by Crippen LogP contribution is -2.40.